The van der Waals surface area contributed by atoms with Crippen LogP contribution in [-0.2, 0) is 22.2 Å². The molecule has 0 bridgehead atoms. The minimum absolute atomic E-state index is 0.000186. The molecule has 0 amide bonds. The van der Waals surface area contributed by atoms with E-state index in [1.54, 1.807) is 0 Å². The van der Waals surface area contributed by atoms with Crippen molar-refractivity contribution in [1.82, 2.24) is 4.72 Å². The third-order valence-electron chi connectivity index (χ3n) is 3.48. The third kappa shape index (κ3) is 5.61. The summed E-state index contributed by atoms with van der Waals surface area (Å²) in [6.45, 7) is 2.33. The van der Waals surface area contributed by atoms with Gasteiger partial charge in [0.05, 0.1) is 5.75 Å². The van der Waals surface area contributed by atoms with E-state index in [2.05, 4.69) is 4.72 Å². The first-order valence-corrected chi connectivity index (χ1v) is 9.36. The van der Waals surface area contributed by atoms with Gasteiger partial charge in [-0.2, -0.15) is 0 Å². The van der Waals surface area contributed by atoms with Crippen LogP contribution < -0.4 is 4.72 Å². The van der Waals surface area contributed by atoms with Gasteiger partial charge in [-0.15, -0.1) is 0 Å². The molecule has 0 unspecified atom stereocenters. The predicted octanol–water partition coefficient (Wildman–Crippen LogP) is 3.84. The van der Waals surface area contributed by atoms with Gasteiger partial charge < -0.3 is 0 Å². The van der Waals surface area contributed by atoms with E-state index in [-0.39, 0.29) is 10.6 Å². The van der Waals surface area contributed by atoms with Crippen molar-refractivity contribution in [2.45, 2.75) is 25.5 Å². The van der Waals surface area contributed by atoms with Crippen LogP contribution in [0.4, 0.5) is 4.39 Å². The second-order valence-electron chi connectivity index (χ2n) is 5.44. The molecule has 2 rings (SSSR count). The molecule has 3 nitrogen and oxygen atoms in total. The molecular formula is C17H19ClFNO2S. The minimum Gasteiger partial charge on any atom is -0.215 e. The van der Waals surface area contributed by atoms with Crippen molar-refractivity contribution in [3.8, 4) is 0 Å². The lowest BCUT2D eigenvalue weighted by Gasteiger charge is -2.09. The SMILES string of the molecule is Cc1ccc(CCCNS(=O)(=O)Cc2c(F)cccc2Cl)cc1. The molecular weight excluding hydrogens is 337 g/mol. The zero-order valence-electron chi connectivity index (χ0n) is 12.9. The molecule has 0 radical (unpaired) electrons. The van der Waals surface area contributed by atoms with Gasteiger partial charge >= 0.3 is 0 Å². The summed E-state index contributed by atoms with van der Waals surface area (Å²) in [4.78, 5) is 0. The van der Waals surface area contributed by atoms with Crippen LogP contribution in [-0.4, -0.2) is 15.0 Å². The normalized spacial score (nSPS) is 11.6. The standard InChI is InChI=1S/C17H19ClFNO2S/c1-13-7-9-14(10-8-13)4-3-11-20-23(21,22)12-15-16(18)5-2-6-17(15)19/h2,5-10,20H,3-4,11-12H2,1H3. The van der Waals surface area contributed by atoms with Crippen molar-refractivity contribution in [3.05, 3.63) is 70.0 Å². The average molecular weight is 356 g/mol. The molecule has 0 fully saturated rings. The first-order valence-electron chi connectivity index (χ1n) is 7.33. The lowest BCUT2D eigenvalue weighted by molar-refractivity contribution is 0.572. The number of sulfonamides is 1. The first-order chi connectivity index (χ1) is 10.9. The molecule has 0 saturated carbocycles. The fourth-order valence-corrected chi connectivity index (χ4v) is 3.73. The van der Waals surface area contributed by atoms with Crippen LogP contribution in [0.25, 0.3) is 0 Å². The van der Waals surface area contributed by atoms with Crippen LogP contribution in [0.2, 0.25) is 5.02 Å². The van der Waals surface area contributed by atoms with Gasteiger partial charge in [-0.05, 0) is 37.5 Å². The minimum atomic E-state index is -3.62. The number of rotatable bonds is 7. The van der Waals surface area contributed by atoms with E-state index >= 15 is 0 Å². The van der Waals surface area contributed by atoms with E-state index in [1.807, 2.05) is 31.2 Å². The summed E-state index contributed by atoms with van der Waals surface area (Å²) >= 11 is 5.86. The predicted molar refractivity (Wildman–Crippen MR) is 91.5 cm³/mol. The van der Waals surface area contributed by atoms with E-state index in [0.717, 1.165) is 12.0 Å². The Morgan fingerprint density at radius 3 is 2.48 bits per heavy atom. The van der Waals surface area contributed by atoms with Crippen molar-refractivity contribution in [2.75, 3.05) is 6.54 Å². The van der Waals surface area contributed by atoms with Gasteiger partial charge in [0.2, 0.25) is 10.0 Å². The molecule has 124 valence electrons. The van der Waals surface area contributed by atoms with E-state index in [4.69, 9.17) is 11.6 Å². The highest BCUT2D eigenvalue weighted by atomic mass is 35.5. The fourth-order valence-electron chi connectivity index (χ4n) is 2.19. The van der Waals surface area contributed by atoms with E-state index in [0.29, 0.717) is 13.0 Å². The molecule has 2 aromatic rings. The van der Waals surface area contributed by atoms with Crippen molar-refractivity contribution in [3.63, 3.8) is 0 Å². The molecule has 0 aliphatic heterocycles. The molecule has 0 aliphatic carbocycles. The third-order valence-corrected chi connectivity index (χ3v) is 5.15. The van der Waals surface area contributed by atoms with Crippen LogP contribution in [0.15, 0.2) is 42.5 Å². The zero-order chi connectivity index (χ0) is 16.9. The molecule has 0 spiro atoms. The average Bonchev–Trinajstić information content (AvgIpc) is 2.49. The summed E-state index contributed by atoms with van der Waals surface area (Å²) in [6, 6.07) is 12.2. The molecule has 2 aromatic carbocycles. The van der Waals surface area contributed by atoms with Crippen molar-refractivity contribution in [1.29, 1.82) is 0 Å². The topological polar surface area (TPSA) is 46.2 Å². The molecule has 0 aliphatic rings. The van der Waals surface area contributed by atoms with Crippen molar-refractivity contribution < 1.29 is 12.8 Å². The van der Waals surface area contributed by atoms with E-state index in [9.17, 15) is 12.8 Å². The Bertz CT molecular complexity index is 740. The molecule has 6 heteroatoms. The van der Waals surface area contributed by atoms with E-state index < -0.39 is 21.6 Å². The number of halogens is 2. The summed E-state index contributed by atoms with van der Waals surface area (Å²) in [5.41, 5.74) is 2.35. The Labute approximate surface area is 141 Å². The zero-order valence-corrected chi connectivity index (χ0v) is 14.4. The summed E-state index contributed by atoms with van der Waals surface area (Å²) in [6.07, 6.45) is 1.45. The Morgan fingerprint density at radius 2 is 1.83 bits per heavy atom. The van der Waals surface area contributed by atoms with Crippen LogP contribution in [0.1, 0.15) is 23.1 Å². The summed E-state index contributed by atoms with van der Waals surface area (Å²) in [7, 11) is -3.62. The maximum atomic E-state index is 13.6. The number of aryl methyl sites for hydroxylation is 2. The van der Waals surface area contributed by atoms with Crippen LogP contribution in [0.5, 0.6) is 0 Å². The van der Waals surface area contributed by atoms with Crippen LogP contribution >= 0.6 is 11.6 Å². The lowest BCUT2D eigenvalue weighted by atomic mass is 10.1. The largest absolute Gasteiger partial charge is 0.215 e. The van der Waals surface area contributed by atoms with Crippen molar-refractivity contribution in [2.24, 2.45) is 0 Å². The number of nitrogens with one attached hydrogen (secondary N) is 1. The maximum Gasteiger partial charge on any atom is 0.215 e. The Balaban J connectivity index is 1.86. The van der Waals surface area contributed by atoms with Gasteiger partial charge in [0, 0.05) is 17.1 Å². The molecule has 23 heavy (non-hydrogen) atoms. The van der Waals surface area contributed by atoms with Gasteiger partial charge in [0.1, 0.15) is 5.82 Å². The summed E-state index contributed by atoms with van der Waals surface area (Å²) < 4.78 is 40.2. The van der Waals surface area contributed by atoms with Gasteiger partial charge in [-0.1, -0.05) is 47.5 Å². The number of benzene rings is 2. The fraction of sp³-hybridized carbons (Fsp3) is 0.294. The smallest absolute Gasteiger partial charge is 0.215 e. The molecule has 0 aromatic heterocycles. The first kappa shape index (κ1) is 17.9. The Morgan fingerprint density at radius 1 is 1.13 bits per heavy atom. The van der Waals surface area contributed by atoms with Crippen LogP contribution in [0, 0.1) is 12.7 Å². The van der Waals surface area contributed by atoms with Gasteiger partial charge in [-0.25, -0.2) is 17.5 Å². The second kappa shape index (κ2) is 7.90. The van der Waals surface area contributed by atoms with Gasteiger partial charge in [0.15, 0.2) is 0 Å². The Kier molecular flexibility index (Phi) is 6.16. The highest BCUT2D eigenvalue weighted by Gasteiger charge is 2.16. The molecule has 0 heterocycles. The molecule has 0 atom stereocenters. The van der Waals surface area contributed by atoms with Gasteiger partial charge in [0.25, 0.3) is 0 Å². The van der Waals surface area contributed by atoms with Gasteiger partial charge in [-0.3, -0.25) is 0 Å². The highest BCUT2D eigenvalue weighted by Crippen LogP contribution is 2.21. The van der Waals surface area contributed by atoms with Crippen molar-refractivity contribution >= 4 is 21.6 Å². The molecule has 0 saturated heterocycles. The van der Waals surface area contributed by atoms with E-state index in [1.165, 1.54) is 23.8 Å². The lowest BCUT2D eigenvalue weighted by Crippen LogP contribution is -2.27. The quantitative estimate of drug-likeness (QED) is 0.767. The number of hydrogen-bond acceptors (Lipinski definition) is 2. The summed E-state index contributed by atoms with van der Waals surface area (Å²) in [5.74, 6) is -1.06. The van der Waals surface area contributed by atoms with Crippen LogP contribution in [0.3, 0.4) is 0 Å². The second-order valence-corrected chi connectivity index (χ2v) is 7.66. The maximum absolute atomic E-state index is 13.6. The monoisotopic (exact) mass is 355 g/mol. The molecule has 1 N–H and O–H groups in total. The summed E-state index contributed by atoms with van der Waals surface area (Å²) in [5, 5.41) is 0.120. The number of hydrogen-bond donors (Lipinski definition) is 1. The Hall–Kier alpha value is -1.43. The highest BCUT2D eigenvalue weighted by molar-refractivity contribution is 7.88.